The first-order valence-corrected chi connectivity index (χ1v) is 5.81. The molecule has 0 heterocycles. The lowest BCUT2D eigenvalue weighted by atomic mass is 10.1. The molecule has 0 spiro atoms. The van der Waals surface area contributed by atoms with E-state index in [2.05, 4.69) is 5.32 Å². The van der Waals surface area contributed by atoms with Gasteiger partial charge in [0.2, 0.25) is 0 Å². The van der Waals surface area contributed by atoms with E-state index in [9.17, 15) is 26.3 Å². The van der Waals surface area contributed by atoms with Crippen molar-refractivity contribution in [1.82, 2.24) is 0 Å². The van der Waals surface area contributed by atoms with Gasteiger partial charge in [-0.1, -0.05) is 0 Å². The van der Waals surface area contributed by atoms with Gasteiger partial charge in [0.1, 0.15) is 17.5 Å². The molecule has 2 rings (SSSR count). The Kier molecular flexibility index (Phi) is 4.11. The van der Waals surface area contributed by atoms with Crippen molar-refractivity contribution >= 4 is 5.69 Å². The maximum absolute atomic E-state index is 13.1. The highest BCUT2D eigenvalue weighted by molar-refractivity contribution is 5.47. The average Bonchev–Trinajstić information content (AvgIpc) is 2.35. The van der Waals surface area contributed by atoms with E-state index in [4.69, 9.17) is 0 Å². The molecule has 112 valence electrons. The van der Waals surface area contributed by atoms with E-state index < -0.39 is 29.2 Å². The smallest absolute Gasteiger partial charge is 0.381 e. The van der Waals surface area contributed by atoms with E-state index in [-0.39, 0.29) is 17.8 Å². The van der Waals surface area contributed by atoms with Crippen molar-refractivity contribution in [2.24, 2.45) is 0 Å². The lowest BCUT2D eigenvalue weighted by Crippen LogP contribution is -2.09. The number of nitrogens with one attached hydrogen (secondary N) is 1. The predicted octanol–water partition coefficient (Wildman–Crippen LogP) is 4.73. The Hall–Kier alpha value is -2.18. The minimum absolute atomic E-state index is 0.00612. The Morgan fingerprint density at radius 2 is 1.48 bits per heavy atom. The first-order chi connectivity index (χ1) is 9.75. The summed E-state index contributed by atoms with van der Waals surface area (Å²) in [4.78, 5) is 0. The summed E-state index contributed by atoms with van der Waals surface area (Å²) in [7, 11) is 0. The molecule has 1 nitrogen and oxygen atoms in total. The van der Waals surface area contributed by atoms with Crippen LogP contribution < -0.4 is 5.32 Å². The zero-order valence-electron chi connectivity index (χ0n) is 10.4. The van der Waals surface area contributed by atoms with E-state index in [0.29, 0.717) is 18.2 Å². The molecule has 0 saturated carbocycles. The van der Waals surface area contributed by atoms with Crippen LogP contribution in [-0.2, 0) is 12.7 Å². The monoisotopic (exact) mass is 305 g/mol. The molecule has 2 aromatic carbocycles. The SMILES string of the molecule is Fc1cc(F)cc(CNc2ccc(F)c(C(F)(F)F)c2)c1. The second-order valence-corrected chi connectivity index (χ2v) is 4.32. The number of hydrogen-bond acceptors (Lipinski definition) is 1. The van der Waals surface area contributed by atoms with Crippen LogP contribution in [0.1, 0.15) is 11.1 Å². The third-order valence-electron chi connectivity index (χ3n) is 2.69. The Morgan fingerprint density at radius 3 is 2.05 bits per heavy atom. The van der Waals surface area contributed by atoms with E-state index in [0.717, 1.165) is 18.2 Å². The van der Waals surface area contributed by atoms with Gasteiger partial charge in [0.05, 0.1) is 5.56 Å². The highest BCUT2D eigenvalue weighted by Crippen LogP contribution is 2.33. The minimum atomic E-state index is -4.81. The standard InChI is InChI=1S/C14H9F6N/c15-9-3-8(4-10(16)5-9)7-21-11-1-2-13(17)12(6-11)14(18,19)20/h1-6,21H,7H2. The molecule has 2 aromatic rings. The van der Waals surface area contributed by atoms with Crippen LogP contribution in [-0.4, -0.2) is 0 Å². The van der Waals surface area contributed by atoms with Crippen LogP contribution in [0.2, 0.25) is 0 Å². The van der Waals surface area contributed by atoms with Gasteiger partial charge in [-0.05, 0) is 35.9 Å². The molecule has 0 aromatic heterocycles. The Labute approximate surface area is 116 Å². The summed E-state index contributed by atoms with van der Waals surface area (Å²) in [5.41, 5.74) is -1.20. The lowest BCUT2D eigenvalue weighted by Gasteiger charge is -2.12. The summed E-state index contributed by atoms with van der Waals surface area (Å²) in [6.45, 7) is -0.0996. The predicted molar refractivity (Wildman–Crippen MR) is 65.1 cm³/mol. The number of hydrogen-bond donors (Lipinski definition) is 1. The first-order valence-electron chi connectivity index (χ1n) is 5.81. The van der Waals surface area contributed by atoms with E-state index >= 15 is 0 Å². The van der Waals surface area contributed by atoms with Crippen molar-refractivity contribution in [3.05, 3.63) is 65.0 Å². The third kappa shape index (κ3) is 3.90. The molecule has 0 saturated heterocycles. The maximum Gasteiger partial charge on any atom is 0.419 e. The summed E-state index contributed by atoms with van der Waals surface area (Å²) in [5, 5.41) is 2.56. The summed E-state index contributed by atoms with van der Waals surface area (Å²) in [6.07, 6.45) is -4.81. The van der Waals surface area contributed by atoms with Crippen LogP contribution in [0.4, 0.5) is 32.0 Å². The molecular weight excluding hydrogens is 296 g/mol. The summed E-state index contributed by atoms with van der Waals surface area (Å²) >= 11 is 0. The fourth-order valence-electron chi connectivity index (χ4n) is 1.77. The molecule has 0 radical (unpaired) electrons. The first kappa shape index (κ1) is 15.2. The molecular formula is C14H9F6N. The second-order valence-electron chi connectivity index (χ2n) is 4.32. The molecule has 1 N–H and O–H groups in total. The Morgan fingerprint density at radius 1 is 0.857 bits per heavy atom. The quantitative estimate of drug-likeness (QED) is 0.808. The molecule has 0 aliphatic carbocycles. The Balaban J connectivity index is 2.17. The lowest BCUT2D eigenvalue weighted by molar-refractivity contribution is -0.139. The van der Waals surface area contributed by atoms with Gasteiger partial charge in [0, 0.05) is 18.3 Å². The van der Waals surface area contributed by atoms with Gasteiger partial charge in [-0.25, -0.2) is 13.2 Å². The van der Waals surface area contributed by atoms with Crippen LogP contribution in [0.5, 0.6) is 0 Å². The second kappa shape index (κ2) is 5.67. The Bertz CT molecular complexity index is 630. The topological polar surface area (TPSA) is 12.0 Å². The van der Waals surface area contributed by atoms with Crippen LogP contribution in [0, 0.1) is 17.5 Å². The zero-order valence-corrected chi connectivity index (χ0v) is 10.4. The van der Waals surface area contributed by atoms with Crippen molar-refractivity contribution in [2.45, 2.75) is 12.7 Å². The summed E-state index contributed by atoms with van der Waals surface area (Å²) < 4.78 is 76.6. The number of alkyl halides is 3. The molecule has 0 fully saturated rings. The molecule has 0 unspecified atom stereocenters. The summed E-state index contributed by atoms with van der Waals surface area (Å²) in [5.74, 6) is -2.96. The molecule has 21 heavy (non-hydrogen) atoms. The number of halogens is 6. The van der Waals surface area contributed by atoms with Gasteiger partial charge < -0.3 is 5.32 Å². The van der Waals surface area contributed by atoms with Gasteiger partial charge in [-0.2, -0.15) is 13.2 Å². The van der Waals surface area contributed by atoms with Crippen molar-refractivity contribution in [1.29, 1.82) is 0 Å². The number of anilines is 1. The van der Waals surface area contributed by atoms with Gasteiger partial charge in [-0.3, -0.25) is 0 Å². The van der Waals surface area contributed by atoms with Crippen LogP contribution in [0.25, 0.3) is 0 Å². The molecule has 7 heteroatoms. The maximum atomic E-state index is 13.1. The van der Waals surface area contributed by atoms with Crippen molar-refractivity contribution in [3.8, 4) is 0 Å². The molecule has 0 bridgehead atoms. The van der Waals surface area contributed by atoms with E-state index in [1.54, 1.807) is 0 Å². The van der Waals surface area contributed by atoms with E-state index in [1.807, 2.05) is 0 Å². The normalized spacial score (nSPS) is 11.5. The van der Waals surface area contributed by atoms with Crippen LogP contribution in [0.3, 0.4) is 0 Å². The molecule has 0 aliphatic heterocycles. The van der Waals surface area contributed by atoms with Gasteiger partial charge >= 0.3 is 6.18 Å². The highest BCUT2D eigenvalue weighted by Gasteiger charge is 2.34. The molecule has 0 aliphatic rings. The zero-order chi connectivity index (χ0) is 15.6. The highest BCUT2D eigenvalue weighted by atomic mass is 19.4. The largest absolute Gasteiger partial charge is 0.419 e. The molecule has 0 amide bonds. The summed E-state index contributed by atoms with van der Waals surface area (Å²) in [6, 6.07) is 5.17. The number of rotatable bonds is 3. The van der Waals surface area contributed by atoms with Gasteiger partial charge in [0.25, 0.3) is 0 Å². The van der Waals surface area contributed by atoms with Crippen LogP contribution >= 0.6 is 0 Å². The van der Waals surface area contributed by atoms with Gasteiger partial charge in [0.15, 0.2) is 0 Å². The third-order valence-corrected chi connectivity index (χ3v) is 2.69. The van der Waals surface area contributed by atoms with Crippen molar-refractivity contribution in [3.63, 3.8) is 0 Å². The van der Waals surface area contributed by atoms with E-state index in [1.165, 1.54) is 0 Å². The van der Waals surface area contributed by atoms with Gasteiger partial charge in [-0.15, -0.1) is 0 Å². The molecule has 0 atom stereocenters. The fourth-order valence-corrected chi connectivity index (χ4v) is 1.77. The fraction of sp³-hybridized carbons (Fsp3) is 0.143. The average molecular weight is 305 g/mol. The number of benzene rings is 2. The van der Waals surface area contributed by atoms with Crippen molar-refractivity contribution < 1.29 is 26.3 Å². The minimum Gasteiger partial charge on any atom is -0.381 e. The van der Waals surface area contributed by atoms with Crippen LogP contribution in [0.15, 0.2) is 36.4 Å². The van der Waals surface area contributed by atoms with Crippen molar-refractivity contribution in [2.75, 3.05) is 5.32 Å².